The van der Waals surface area contributed by atoms with Crippen molar-refractivity contribution in [2.24, 2.45) is 0 Å². The Kier molecular flexibility index (Phi) is 3.01. The number of carbonyl (C=O) groups excluding carboxylic acids is 1. The van der Waals surface area contributed by atoms with Crippen LogP contribution in [0.4, 0.5) is 0 Å². The van der Waals surface area contributed by atoms with Gasteiger partial charge >= 0.3 is 0 Å². The van der Waals surface area contributed by atoms with Gasteiger partial charge < -0.3 is 19.2 Å². The fourth-order valence-corrected chi connectivity index (χ4v) is 3.40. The maximum Gasteiger partial charge on any atom is 0.122 e. The number of aliphatic carboxylic acids is 1. The third-order valence-corrected chi connectivity index (χ3v) is 4.40. The SMILES string of the molecule is COc1cc(Br)c2cc3n(c2c1)CCC3CC(=O)[O-]. The largest absolute Gasteiger partial charge is 0.550 e. The number of hydrogen-bond acceptors (Lipinski definition) is 3. The molecule has 19 heavy (non-hydrogen) atoms. The number of aryl methyl sites for hydroxylation is 1. The molecular formula is C14H13BrNO3-. The number of hydrogen-bond donors (Lipinski definition) is 0. The summed E-state index contributed by atoms with van der Waals surface area (Å²) in [6.45, 7) is 0.844. The molecule has 0 saturated carbocycles. The summed E-state index contributed by atoms with van der Waals surface area (Å²) >= 11 is 3.54. The first kappa shape index (κ1) is 12.5. The number of ether oxygens (including phenoxy) is 1. The average molecular weight is 323 g/mol. The number of carboxylic acid groups (broad SMARTS) is 1. The quantitative estimate of drug-likeness (QED) is 0.869. The Labute approximate surface area is 119 Å². The zero-order valence-electron chi connectivity index (χ0n) is 10.5. The molecule has 0 saturated heterocycles. The van der Waals surface area contributed by atoms with Crippen molar-refractivity contribution in [1.29, 1.82) is 0 Å². The Bertz CT molecular complexity index is 662. The van der Waals surface area contributed by atoms with Crippen LogP contribution < -0.4 is 9.84 Å². The van der Waals surface area contributed by atoms with Crippen LogP contribution in [0.2, 0.25) is 0 Å². The predicted molar refractivity (Wildman–Crippen MR) is 73.2 cm³/mol. The van der Waals surface area contributed by atoms with Gasteiger partial charge in [0.05, 0.1) is 12.6 Å². The van der Waals surface area contributed by atoms with Crippen molar-refractivity contribution in [3.8, 4) is 5.75 Å². The van der Waals surface area contributed by atoms with Crippen LogP contribution in [0, 0.1) is 0 Å². The standard InChI is InChI=1S/C14H14BrNO3/c1-19-9-5-11(15)10-7-12-8(4-14(17)18)2-3-16(12)13(10)6-9/h5-8H,2-4H2,1H3,(H,17,18)/p-1. The molecule has 0 spiro atoms. The van der Waals surface area contributed by atoms with E-state index in [1.807, 2.05) is 12.1 Å². The van der Waals surface area contributed by atoms with E-state index in [1.165, 1.54) is 0 Å². The normalized spacial score (nSPS) is 17.7. The zero-order valence-corrected chi connectivity index (χ0v) is 12.1. The Morgan fingerprint density at radius 2 is 2.32 bits per heavy atom. The summed E-state index contributed by atoms with van der Waals surface area (Å²) in [6.07, 6.45) is 0.944. The van der Waals surface area contributed by atoms with Crippen molar-refractivity contribution in [2.75, 3.05) is 7.11 Å². The molecule has 1 aromatic carbocycles. The molecule has 100 valence electrons. The number of nitrogens with zero attached hydrogens (tertiary/aromatic N) is 1. The summed E-state index contributed by atoms with van der Waals surface area (Å²) in [5, 5.41) is 11.9. The van der Waals surface area contributed by atoms with E-state index >= 15 is 0 Å². The lowest BCUT2D eigenvalue weighted by Crippen LogP contribution is -2.23. The Hall–Kier alpha value is -1.49. The minimum absolute atomic E-state index is 0.0512. The Balaban J connectivity index is 2.13. The van der Waals surface area contributed by atoms with Crippen molar-refractivity contribution in [3.05, 3.63) is 28.4 Å². The van der Waals surface area contributed by atoms with Crippen molar-refractivity contribution in [2.45, 2.75) is 25.3 Å². The van der Waals surface area contributed by atoms with Crippen LogP contribution in [0.1, 0.15) is 24.5 Å². The highest BCUT2D eigenvalue weighted by Crippen LogP contribution is 2.39. The maximum atomic E-state index is 10.8. The monoisotopic (exact) mass is 322 g/mol. The van der Waals surface area contributed by atoms with E-state index in [2.05, 4.69) is 26.6 Å². The summed E-state index contributed by atoms with van der Waals surface area (Å²) in [5.74, 6) is -0.140. The second-order valence-corrected chi connectivity index (χ2v) is 5.68. The van der Waals surface area contributed by atoms with Gasteiger partial charge in [0, 0.05) is 40.1 Å². The first-order valence-electron chi connectivity index (χ1n) is 6.16. The highest BCUT2D eigenvalue weighted by atomic mass is 79.9. The third-order valence-electron chi connectivity index (χ3n) is 3.74. The van der Waals surface area contributed by atoms with Crippen LogP contribution >= 0.6 is 15.9 Å². The smallest absolute Gasteiger partial charge is 0.122 e. The van der Waals surface area contributed by atoms with E-state index in [-0.39, 0.29) is 12.3 Å². The van der Waals surface area contributed by atoms with Gasteiger partial charge in [-0.05, 0) is 40.9 Å². The second kappa shape index (κ2) is 4.56. The number of rotatable bonds is 3. The van der Waals surface area contributed by atoms with E-state index in [1.54, 1.807) is 7.11 Å². The average Bonchev–Trinajstić information content (AvgIpc) is 2.90. The molecule has 4 nitrogen and oxygen atoms in total. The summed E-state index contributed by atoms with van der Waals surface area (Å²) in [6, 6.07) is 5.98. The van der Waals surface area contributed by atoms with E-state index in [9.17, 15) is 9.90 Å². The number of halogens is 1. The molecule has 0 radical (unpaired) electrons. The van der Waals surface area contributed by atoms with Crippen LogP contribution in [0.3, 0.4) is 0 Å². The van der Waals surface area contributed by atoms with Gasteiger partial charge in [0.25, 0.3) is 0 Å². The van der Waals surface area contributed by atoms with Gasteiger partial charge in [-0.15, -0.1) is 0 Å². The summed E-state index contributed by atoms with van der Waals surface area (Å²) in [4.78, 5) is 10.8. The third kappa shape index (κ3) is 2.02. The lowest BCUT2D eigenvalue weighted by atomic mass is 10.0. The summed E-state index contributed by atoms with van der Waals surface area (Å²) in [7, 11) is 1.64. The first-order valence-corrected chi connectivity index (χ1v) is 6.96. The molecule has 1 atom stereocenters. The van der Waals surface area contributed by atoms with Crippen LogP contribution in [0.15, 0.2) is 22.7 Å². The molecule has 5 heteroatoms. The molecular weight excluding hydrogens is 310 g/mol. The van der Waals surface area contributed by atoms with Crippen molar-refractivity contribution >= 4 is 32.8 Å². The number of fused-ring (bicyclic) bond motifs is 3. The molecule has 3 rings (SSSR count). The van der Waals surface area contributed by atoms with E-state index < -0.39 is 5.97 Å². The number of aromatic nitrogens is 1. The number of methoxy groups -OCH3 is 1. The van der Waals surface area contributed by atoms with Gasteiger partial charge in [0.2, 0.25) is 0 Å². The van der Waals surface area contributed by atoms with E-state index in [0.29, 0.717) is 0 Å². The van der Waals surface area contributed by atoms with Crippen LogP contribution in [-0.2, 0) is 11.3 Å². The predicted octanol–water partition coefficient (Wildman–Crippen LogP) is 2.04. The molecule has 1 aromatic heterocycles. The highest BCUT2D eigenvalue weighted by molar-refractivity contribution is 9.10. The fraction of sp³-hybridized carbons (Fsp3) is 0.357. The van der Waals surface area contributed by atoms with Gasteiger partial charge in [-0.2, -0.15) is 0 Å². The minimum atomic E-state index is -0.986. The van der Waals surface area contributed by atoms with Crippen LogP contribution in [-0.4, -0.2) is 17.6 Å². The molecule has 1 aliphatic rings. The van der Waals surface area contributed by atoms with Crippen molar-refractivity contribution in [1.82, 2.24) is 4.57 Å². The zero-order chi connectivity index (χ0) is 13.6. The molecule has 2 heterocycles. The molecule has 0 amide bonds. The van der Waals surface area contributed by atoms with E-state index in [4.69, 9.17) is 4.74 Å². The molecule has 0 N–H and O–H groups in total. The number of benzene rings is 1. The minimum Gasteiger partial charge on any atom is -0.550 e. The van der Waals surface area contributed by atoms with Gasteiger partial charge in [-0.25, -0.2) is 0 Å². The van der Waals surface area contributed by atoms with Gasteiger partial charge in [0.15, 0.2) is 0 Å². The Morgan fingerprint density at radius 3 is 3.00 bits per heavy atom. The molecule has 2 aromatic rings. The van der Waals surface area contributed by atoms with Crippen molar-refractivity contribution in [3.63, 3.8) is 0 Å². The van der Waals surface area contributed by atoms with Crippen molar-refractivity contribution < 1.29 is 14.6 Å². The molecule has 1 unspecified atom stereocenters. The molecule has 0 bridgehead atoms. The maximum absolute atomic E-state index is 10.8. The second-order valence-electron chi connectivity index (χ2n) is 4.82. The topological polar surface area (TPSA) is 54.3 Å². The van der Waals surface area contributed by atoms with Gasteiger partial charge in [0.1, 0.15) is 5.75 Å². The highest BCUT2D eigenvalue weighted by Gasteiger charge is 2.25. The number of carbonyl (C=O) groups is 1. The molecule has 0 aliphatic carbocycles. The van der Waals surface area contributed by atoms with Crippen LogP contribution in [0.5, 0.6) is 5.75 Å². The first-order chi connectivity index (χ1) is 9.10. The number of carboxylic acids is 1. The fourth-order valence-electron chi connectivity index (χ4n) is 2.86. The molecule has 1 aliphatic heterocycles. The van der Waals surface area contributed by atoms with E-state index in [0.717, 1.165) is 39.8 Å². The molecule has 0 fully saturated rings. The van der Waals surface area contributed by atoms with Gasteiger partial charge in [-0.1, -0.05) is 0 Å². The lowest BCUT2D eigenvalue weighted by Gasteiger charge is -2.09. The van der Waals surface area contributed by atoms with Gasteiger partial charge in [-0.3, -0.25) is 0 Å². The summed E-state index contributed by atoms with van der Waals surface area (Å²) < 4.78 is 8.42. The van der Waals surface area contributed by atoms with Crippen LogP contribution in [0.25, 0.3) is 10.9 Å². The lowest BCUT2D eigenvalue weighted by molar-refractivity contribution is -0.306. The summed E-state index contributed by atoms with van der Waals surface area (Å²) in [5.41, 5.74) is 2.16. The Morgan fingerprint density at radius 1 is 1.53 bits per heavy atom.